The molecule has 0 radical (unpaired) electrons. The Morgan fingerprint density at radius 2 is 1.95 bits per heavy atom. The van der Waals surface area contributed by atoms with Crippen LogP contribution in [0.1, 0.15) is 31.2 Å². The van der Waals surface area contributed by atoms with Crippen molar-refractivity contribution in [2.24, 2.45) is 0 Å². The number of hydrogen-bond donors (Lipinski definition) is 1. The van der Waals surface area contributed by atoms with E-state index in [0.717, 1.165) is 17.9 Å². The van der Waals surface area contributed by atoms with Gasteiger partial charge in [0.2, 0.25) is 0 Å². The van der Waals surface area contributed by atoms with Gasteiger partial charge in [0, 0.05) is 25.3 Å². The van der Waals surface area contributed by atoms with Crippen LogP contribution in [0, 0.1) is 0 Å². The van der Waals surface area contributed by atoms with Gasteiger partial charge in [0.05, 0.1) is 6.04 Å². The van der Waals surface area contributed by atoms with Gasteiger partial charge in [-0.05, 0) is 43.4 Å². The first-order valence-electron chi connectivity index (χ1n) is 6.71. The standard InChI is InChI=1S/C15H22ClNO2/c1-10(15(18-2)19-3)17-14-8-12(9-14)11-5-4-6-13(16)7-11/h4-7,10,12,14-15,17H,8-9H2,1-3H3. The number of methoxy groups -OCH3 is 2. The van der Waals surface area contributed by atoms with E-state index < -0.39 is 0 Å². The molecule has 0 amide bonds. The summed E-state index contributed by atoms with van der Waals surface area (Å²) in [6.07, 6.45) is 2.10. The molecule has 2 rings (SSSR count). The van der Waals surface area contributed by atoms with Crippen LogP contribution < -0.4 is 5.32 Å². The molecule has 1 aromatic carbocycles. The van der Waals surface area contributed by atoms with Crippen LogP contribution >= 0.6 is 11.6 Å². The van der Waals surface area contributed by atoms with Gasteiger partial charge in [-0.2, -0.15) is 0 Å². The van der Waals surface area contributed by atoms with E-state index in [1.807, 2.05) is 12.1 Å². The van der Waals surface area contributed by atoms with E-state index in [4.69, 9.17) is 21.1 Å². The van der Waals surface area contributed by atoms with Crippen molar-refractivity contribution in [3.8, 4) is 0 Å². The fourth-order valence-electron chi connectivity index (χ4n) is 2.74. The van der Waals surface area contributed by atoms with Gasteiger partial charge in [-0.25, -0.2) is 0 Å². The van der Waals surface area contributed by atoms with Crippen molar-refractivity contribution >= 4 is 11.6 Å². The average Bonchev–Trinajstić information content (AvgIpc) is 2.34. The SMILES string of the molecule is COC(OC)C(C)NC1CC(c2cccc(Cl)c2)C1. The maximum atomic E-state index is 6.02. The van der Waals surface area contributed by atoms with Crippen LogP contribution in [0.2, 0.25) is 5.02 Å². The van der Waals surface area contributed by atoms with Gasteiger partial charge in [-0.15, -0.1) is 0 Å². The molecule has 0 heterocycles. The van der Waals surface area contributed by atoms with Gasteiger partial charge in [0.15, 0.2) is 6.29 Å². The van der Waals surface area contributed by atoms with E-state index in [0.29, 0.717) is 12.0 Å². The zero-order chi connectivity index (χ0) is 13.8. The summed E-state index contributed by atoms with van der Waals surface area (Å²) in [6, 6.07) is 8.89. The van der Waals surface area contributed by atoms with Gasteiger partial charge >= 0.3 is 0 Å². The highest BCUT2D eigenvalue weighted by molar-refractivity contribution is 6.30. The molecule has 1 unspecified atom stereocenters. The van der Waals surface area contributed by atoms with Crippen LogP contribution in [0.15, 0.2) is 24.3 Å². The fourth-order valence-corrected chi connectivity index (χ4v) is 2.94. The zero-order valence-corrected chi connectivity index (χ0v) is 12.5. The summed E-state index contributed by atoms with van der Waals surface area (Å²) in [6.45, 7) is 2.09. The first kappa shape index (κ1) is 14.8. The molecule has 19 heavy (non-hydrogen) atoms. The van der Waals surface area contributed by atoms with Crippen molar-refractivity contribution in [2.75, 3.05) is 14.2 Å². The molecule has 3 nitrogen and oxygen atoms in total. The third-order valence-electron chi connectivity index (χ3n) is 3.83. The molecule has 1 aliphatic rings. The average molecular weight is 284 g/mol. The van der Waals surface area contributed by atoms with Crippen LogP contribution in [0.25, 0.3) is 0 Å². The van der Waals surface area contributed by atoms with E-state index in [2.05, 4.69) is 24.4 Å². The Kier molecular flexibility index (Phi) is 5.22. The maximum Gasteiger partial charge on any atom is 0.171 e. The predicted octanol–water partition coefficient (Wildman–Crippen LogP) is 3.18. The summed E-state index contributed by atoms with van der Waals surface area (Å²) >= 11 is 6.02. The molecule has 0 bridgehead atoms. The number of halogens is 1. The molecule has 0 spiro atoms. The second-order valence-corrected chi connectivity index (χ2v) is 5.65. The molecule has 106 valence electrons. The van der Waals surface area contributed by atoms with Crippen molar-refractivity contribution in [2.45, 2.75) is 44.1 Å². The smallest absolute Gasteiger partial charge is 0.171 e. The Morgan fingerprint density at radius 1 is 1.26 bits per heavy atom. The minimum Gasteiger partial charge on any atom is -0.354 e. The van der Waals surface area contributed by atoms with Crippen LogP contribution in [-0.2, 0) is 9.47 Å². The summed E-state index contributed by atoms with van der Waals surface area (Å²) in [4.78, 5) is 0. The van der Waals surface area contributed by atoms with Gasteiger partial charge in [-0.1, -0.05) is 23.7 Å². The third-order valence-corrected chi connectivity index (χ3v) is 4.06. The van der Waals surface area contributed by atoms with Gasteiger partial charge in [0.1, 0.15) is 0 Å². The zero-order valence-electron chi connectivity index (χ0n) is 11.7. The highest BCUT2D eigenvalue weighted by Crippen LogP contribution is 2.37. The first-order valence-corrected chi connectivity index (χ1v) is 7.09. The molecule has 1 atom stereocenters. The lowest BCUT2D eigenvalue weighted by atomic mass is 9.75. The van der Waals surface area contributed by atoms with Crippen molar-refractivity contribution in [3.05, 3.63) is 34.9 Å². The lowest BCUT2D eigenvalue weighted by Crippen LogP contribution is -2.49. The minimum atomic E-state index is -0.190. The first-order chi connectivity index (χ1) is 9.13. The Morgan fingerprint density at radius 3 is 2.53 bits per heavy atom. The summed E-state index contributed by atoms with van der Waals surface area (Å²) < 4.78 is 10.5. The maximum absolute atomic E-state index is 6.02. The van der Waals surface area contributed by atoms with Crippen molar-refractivity contribution in [3.63, 3.8) is 0 Å². The summed E-state index contributed by atoms with van der Waals surface area (Å²) in [7, 11) is 3.34. The lowest BCUT2D eigenvalue weighted by molar-refractivity contribution is -0.122. The molecule has 1 N–H and O–H groups in total. The molecule has 0 aliphatic heterocycles. The van der Waals surface area contributed by atoms with E-state index >= 15 is 0 Å². The number of hydrogen-bond acceptors (Lipinski definition) is 3. The molecule has 1 aliphatic carbocycles. The van der Waals surface area contributed by atoms with Crippen LogP contribution in [-0.4, -0.2) is 32.6 Å². The second-order valence-electron chi connectivity index (χ2n) is 5.22. The Bertz CT molecular complexity index is 403. The number of ether oxygens (including phenoxy) is 2. The van der Waals surface area contributed by atoms with Crippen LogP contribution in [0.5, 0.6) is 0 Å². The molecule has 1 fully saturated rings. The molecular formula is C15H22ClNO2. The summed E-state index contributed by atoms with van der Waals surface area (Å²) in [5, 5.41) is 4.37. The summed E-state index contributed by atoms with van der Waals surface area (Å²) in [5.74, 6) is 0.618. The molecule has 0 saturated heterocycles. The second kappa shape index (κ2) is 6.71. The largest absolute Gasteiger partial charge is 0.354 e. The Labute approximate surface area is 120 Å². The van der Waals surface area contributed by atoms with E-state index in [-0.39, 0.29) is 12.3 Å². The molecule has 1 saturated carbocycles. The normalized spacial score (nSPS) is 24.3. The molecular weight excluding hydrogens is 262 g/mol. The van der Waals surface area contributed by atoms with Crippen molar-refractivity contribution in [1.29, 1.82) is 0 Å². The number of benzene rings is 1. The van der Waals surface area contributed by atoms with Gasteiger partial charge in [0.25, 0.3) is 0 Å². The summed E-state index contributed by atoms with van der Waals surface area (Å²) in [5.41, 5.74) is 1.34. The number of nitrogens with one attached hydrogen (secondary N) is 1. The van der Waals surface area contributed by atoms with Gasteiger partial charge < -0.3 is 14.8 Å². The van der Waals surface area contributed by atoms with E-state index in [1.54, 1.807) is 14.2 Å². The molecule has 1 aromatic rings. The van der Waals surface area contributed by atoms with Crippen molar-refractivity contribution < 1.29 is 9.47 Å². The quantitative estimate of drug-likeness (QED) is 0.814. The van der Waals surface area contributed by atoms with Crippen molar-refractivity contribution in [1.82, 2.24) is 5.32 Å². The third kappa shape index (κ3) is 3.69. The highest BCUT2D eigenvalue weighted by Gasteiger charge is 2.32. The fraction of sp³-hybridized carbons (Fsp3) is 0.600. The van der Waals surface area contributed by atoms with E-state index in [9.17, 15) is 0 Å². The molecule has 4 heteroatoms. The minimum absolute atomic E-state index is 0.190. The highest BCUT2D eigenvalue weighted by atomic mass is 35.5. The van der Waals surface area contributed by atoms with Crippen LogP contribution in [0.3, 0.4) is 0 Å². The van der Waals surface area contributed by atoms with E-state index in [1.165, 1.54) is 5.56 Å². The monoisotopic (exact) mass is 283 g/mol. The Balaban J connectivity index is 1.80. The Hall–Kier alpha value is -0.610. The molecule has 0 aromatic heterocycles. The van der Waals surface area contributed by atoms with Gasteiger partial charge in [-0.3, -0.25) is 0 Å². The van der Waals surface area contributed by atoms with Crippen LogP contribution in [0.4, 0.5) is 0 Å². The topological polar surface area (TPSA) is 30.5 Å². The lowest BCUT2D eigenvalue weighted by Gasteiger charge is -2.39. The predicted molar refractivity (Wildman–Crippen MR) is 77.6 cm³/mol. The number of rotatable bonds is 6.